The Bertz CT molecular complexity index is 1100. The van der Waals surface area contributed by atoms with Gasteiger partial charge in [0.2, 0.25) is 5.91 Å². The van der Waals surface area contributed by atoms with Gasteiger partial charge in [-0.15, -0.1) is 0 Å². The first-order valence-corrected chi connectivity index (χ1v) is 13.5. The van der Waals surface area contributed by atoms with Crippen molar-refractivity contribution in [1.82, 2.24) is 10.2 Å². The fourth-order valence-corrected chi connectivity index (χ4v) is 4.17. The minimum Gasteiger partial charge on any atom is -0.497 e. The van der Waals surface area contributed by atoms with Gasteiger partial charge in [-0.1, -0.05) is 37.1 Å². The summed E-state index contributed by atoms with van der Waals surface area (Å²) < 4.78 is 10.6. The highest BCUT2D eigenvalue weighted by molar-refractivity contribution is 7.80. The van der Waals surface area contributed by atoms with Gasteiger partial charge in [-0.2, -0.15) is 12.6 Å². The van der Waals surface area contributed by atoms with Crippen LogP contribution in [0.15, 0.2) is 42.5 Å². The summed E-state index contributed by atoms with van der Waals surface area (Å²) in [6.07, 6.45) is 0.773. The van der Waals surface area contributed by atoms with Crippen molar-refractivity contribution < 1.29 is 23.9 Å². The van der Waals surface area contributed by atoms with Gasteiger partial charge >= 0.3 is 6.09 Å². The van der Waals surface area contributed by atoms with Gasteiger partial charge in [0.1, 0.15) is 23.4 Å². The van der Waals surface area contributed by atoms with Gasteiger partial charge in [0, 0.05) is 18.0 Å². The first-order valence-electron chi connectivity index (χ1n) is 12.8. The molecule has 0 fully saturated rings. The van der Waals surface area contributed by atoms with Crippen molar-refractivity contribution in [2.24, 2.45) is 0 Å². The summed E-state index contributed by atoms with van der Waals surface area (Å²) in [5.41, 5.74) is 2.41. The van der Waals surface area contributed by atoms with Crippen LogP contribution < -0.4 is 15.4 Å². The summed E-state index contributed by atoms with van der Waals surface area (Å²) in [5.74, 6) is -0.0578. The van der Waals surface area contributed by atoms with Crippen molar-refractivity contribution in [3.8, 4) is 5.75 Å². The number of amides is 3. The van der Waals surface area contributed by atoms with Gasteiger partial charge in [-0.25, -0.2) is 4.79 Å². The Morgan fingerprint density at radius 1 is 1.05 bits per heavy atom. The highest BCUT2D eigenvalue weighted by Gasteiger charge is 2.36. The molecule has 0 bridgehead atoms. The quantitative estimate of drug-likeness (QED) is 0.328. The number of nitrogens with one attached hydrogen (secondary N) is 2. The average Bonchev–Trinajstić information content (AvgIpc) is 2.85. The summed E-state index contributed by atoms with van der Waals surface area (Å²) >= 11 is 4.34. The highest BCUT2D eigenvalue weighted by Crippen LogP contribution is 2.29. The number of hydrogen-bond acceptors (Lipinski definition) is 6. The standard InChI is InChI=1S/C29H41N3O5S/c1-8-9-16-32(27(34)24(18-38)31-28(35)37-29(4,5)6)25(23-17-19(2)10-11-20(23)3)26(33)30-21-12-14-22(36-7)15-13-21/h10-15,17,24-25,38H,8-9,16,18H2,1-7H3,(H,30,33)(H,31,35). The molecule has 0 heterocycles. The molecule has 0 spiro atoms. The molecule has 9 heteroatoms. The number of carbonyl (C=O) groups is 3. The third-order valence-electron chi connectivity index (χ3n) is 5.85. The fourth-order valence-electron chi connectivity index (χ4n) is 3.92. The van der Waals surface area contributed by atoms with Gasteiger partial charge in [-0.3, -0.25) is 9.59 Å². The number of ether oxygens (including phenoxy) is 2. The maximum Gasteiger partial charge on any atom is 0.408 e. The molecule has 8 nitrogen and oxygen atoms in total. The molecule has 208 valence electrons. The van der Waals surface area contributed by atoms with Gasteiger partial charge in [-0.05, 0) is 76.4 Å². The second-order valence-corrected chi connectivity index (χ2v) is 10.6. The minimum absolute atomic E-state index is 0.0420. The van der Waals surface area contributed by atoms with E-state index in [1.807, 2.05) is 39.0 Å². The van der Waals surface area contributed by atoms with Crippen molar-refractivity contribution in [3.63, 3.8) is 0 Å². The van der Waals surface area contributed by atoms with E-state index in [-0.39, 0.29) is 11.7 Å². The van der Waals surface area contributed by atoms with Crippen LogP contribution in [0.1, 0.15) is 63.3 Å². The number of benzene rings is 2. The van der Waals surface area contributed by atoms with Crippen molar-refractivity contribution >= 4 is 36.2 Å². The number of hydrogen-bond donors (Lipinski definition) is 3. The zero-order valence-corrected chi connectivity index (χ0v) is 24.4. The van der Waals surface area contributed by atoms with E-state index in [9.17, 15) is 14.4 Å². The lowest BCUT2D eigenvalue weighted by atomic mass is 9.96. The van der Waals surface area contributed by atoms with E-state index >= 15 is 0 Å². The molecule has 0 radical (unpaired) electrons. The van der Waals surface area contributed by atoms with Crippen molar-refractivity contribution in [3.05, 3.63) is 59.2 Å². The molecule has 38 heavy (non-hydrogen) atoms. The predicted molar refractivity (Wildman–Crippen MR) is 154 cm³/mol. The molecule has 3 amide bonds. The van der Waals surface area contributed by atoms with Gasteiger partial charge in [0.25, 0.3) is 5.91 Å². The van der Waals surface area contributed by atoms with E-state index in [0.29, 0.717) is 24.4 Å². The number of nitrogens with zero attached hydrogens (tertiary/aromatic N) is 1. The second kappa shape index (κ2) is 14.1. The molecule has 0 aliphatic heterocycles. The number of alkyl carbamates (subject to hydrolysis) is 1. The summed E-state index contributed by atoms with van der Waals surface area (Å²) in [4.78, 5) is 41.9. The molecule has 0 saturated carbocycles. The molecule has 0 aromatic heterocycles. The number of anilines is 1. The molecule has 0 aliphatic rings. The van der Waals surface area contributed by atoms with Crippen molar-refractivity contribution in [2.75, 3.05) is 24.7 Å². The zero-order chi connectivity index (χ0) is 28.5. The van der Waals surface area contributed by atoms with Crippen molar-refractivity contribution in [1.29, 1.82) is 0 Å². The number of carbonyl (C=O) groups excluding carboxylic acids is 3. The molecule has 2 aromatic carbocycles. The lowest BCUT2D eigenvalue weighted by molar-refractivity contribution is -0.140. The van der Waals surface area contributed by atoms with Crippen LogP contribution in [-0.2, 0) is 14.3 Å². The van der Waals surface area contributed by atoms with Crippen LogP contribution in [0.5, 0.6) is 5.75 Å². The Morgan fingerprint density at radius 2 is 1.71 bits per heavy atom. The minimum atomic E-state index is -0.980. The molecule has 2 N–H and O–H groups in total. The Kier molecular flexibility index (Phi) is 11.5. The molecule has 2 atom stereocenters. The lowest BCUT2D eigenvalue weighted by Gasteiger charge is -2.35. The van der Waals surface area contributed by atoms with Crippen LogP contribution in [0, 0.1) is 13.8 Å². The number of aryl methyl sites for hydroxylation is 2. The van der Waals surface area contributed by atoms with E-state index in [1.54, 1.807) is 57.0 Å². The summed E-state index contributed by atoms with van der Waals surface area (Å²) in [5, 5.41) is 5.60. The number of unbranched alkanes of at least 4 members (excludes halogenated alkanes) is 1. The van der Waals surface area contributed by atoms with Crippen LogP contribution in [0.2, 0.25) is 0 Å². The topological polar surface area (TPSA) is 97.0 Å². The lowest BCUT2D eigenvalue weighted by Crippen LogP contribution is -2.53. The van der Waals surface area contributed by atoms with Crippen LogP contribution in [-0.4, -0.2) is 53.9 Å². The third kappa shape index (κ3) is 8.97. The van der Waals surface area contributed by atoms with Crippen LogP contribution in [0.4, 0.5) is 10.5 Å². The molecule has 2 rings (SSSR count). The Hall–Kier alpha value is -3.20. The smallest absolute Gasteiger partial charge is 0.408 e. The average molecular weight is 544 g/mol. The maximum absolute atomic E-state index is 13.9. The van der Waals surface area contributed by atoms with Crippen LogP contribution >= 0.6 is 12.6 Å². The normalized spacial score (nSPS) is 12.7. The predicted octanol–water partition coefficient (Wildman–Crippen LogP) is 5.44. The van der Waals surface area contributed by atoms with Crippen LogP contribution in [0.25, 0.3) is 0 Å². The van der Waals surface area contributed by atoms with Gasteiger partial charge < -0.3 is 25.0 Å². The number of rotatable bonds is 11. The summed E-state index contributed by atoms with van der Waals surface area (Å²) in [7, 11) is 1.57. The molecule has 0 aliphatic carbocycles. The number of thiol groups is 1. The van der Waals surface area contributed by atoms with E-state index < -0.39 is 29.7 Å². The molecule has 2 aromatic rings. The summed E-state index contributed by atoms with van der Waals surface area (Å²) in [6, 6.07) is 10.9. The van der Waals surface area contributed by atoms with E-state index in [4.69, 9.17) is 9.47 Å². The molecular weight excluding hydrogens is 502 g/mol. The fraction of sp³-hybridized carbons (Fsp3) is 0.483. The van der Waals surface area contributed by atoms with Gasteiger partial charge in [0.15, 0.2) is 0 Å². The first-order chi connectivity index (χ1) is 17.9. The maximum atomic E-state index is 13.9. The second-order valence-electron chi connectivity index (χ2n) is 10.2. The molecule has 2 unspecified atom stereocenters. The Balaban J connectivity index is 2.51. The zero-order valence-electron chi connectivity index (χ0n) is 23.5. The Labute approximate surface area is 231 Å². The first kappa shape index (κ1) is 31.0. The van der Waals surface area contributed by atoms with Crippen LogP contribution in [0.3, 0.4) is 0 Å². The molecular formula is C29H41N3O5S. The SMILES string of the molecule is CCCCN(C(=O)C(CS)NC(=O)OC(C)(C)C)C(C(=O)Nc1ccc(OC)cc1)c1cc(C)ccc1C. The largest absolute Gasteiger partial charge is 0.497 e. The van der Waals surface area contributed by atoms with E-state index in [1.165, 1.54) is 0 Å². The van der Waals surface area contributed by atoms with Crippen molar-refractivity contribution in [2.45, 2.75) is 72.1 Å². The van der Waals surface area contributed by atoms with E-state index in [0.717, 1.165) is 23.1 Å². The third-order valence-corrected chi connectivity index (χ3v) is 6.22. The van der Waals surface area contributed by atoms with E-state index in [2.05, 4.69) is 23.3 Å². The monoisotopic (exact) mass is 543 g/mol. The number of methoxy groups -OCH3 is 1. The molecule has 0 saturated heterocycles. The highest BCUT2D eigenvalue weighted by atomic mass is 32.1. The summed E-state index contributed by atoms with van der Waals surface area (Å²) in [6.45, 7) is 11.4. The van der Waals surface area contributed by atoms with Gasteiger partial charge in [0.05, 0.1) is 7.11 Å². The Morgan fingerprint density at radius 3 is 2.26 bits per heavy atom.